The van der Waals surface area contributed by atoms with E-state index < -0.39 is 12.6 Å². The zero-order valence-electron chi connectivity index (χ0n) is 13.8. The van der Waals surface area contributed by atoms with Crippen LogP contribution in [0.3, 0.4) is 0 Å². The van der Waals surface area contributed by atoms with E-state index in [0.717, 1.165) is 30.6 Å². The van der Waals surface area contributed by atoms with E-state index in [1.165, 1.54) is 0 Å². The number of carbonyl (C=O) groups is 2. The van der Waals surface area contributed by atoms with Gasteiger partial charge in [-0.25, -0.2) is 4.79 Å². The van der Waals surface area contributed by atoms with Crippen LogP contribution < -0.4 is 4.74 Å². The van der Waals surface area contributed by atoms with Crippen LogP contribution in [0.25, 0.3) is 0 Å². The Morgan fingerprint density at radius 3 is 2.52 bits per heavy atom. The molecule has 1 N–H and O–H groups in total. The van der Waals surface area contributed by atoms with Gasteiger partial charge in [-0.15, -0.1) is 0 Å². The molecule has 1 aliphatic heterocycles. The van der Waals surface area contributed by atoms with E-state index in [4.69, 9.17) is 14.6 Å². The molecule has 0 saturated carbocycles. The number of carbonyl (C=O) groups excluding carboxylic acids is 1. The molecule has 0 spiro atoms. The number of carboxylic acid groups (broad SMARTS) is 1. The number of benzene rings is 1. The monoisotopic (exact) mass is 321 g/mol. The summed E-state index contributed by atoms with van der Waals surface area (Å²) in [5.74, 6) is -0.581. The van der Waals surface area contributed by atoms with E-state index in [1.54, 1.807) is 37.9 Å². The van der Waals surface area contributed by atoms with Crippen LogP contribution in [0.15, 0.2) is 12.1 Å². The molecule has 1 aliphatic rings. The predicted octanol–water partition coefficient (Wildman–Crippen LogP) is 2.02. The normalized spacial score (nSPS) is 17.1. The van der Waals surface area contributed by atoms with Gasteiger partial charge >= 0.3 is 5.97 Å². The van der Waals surface area contributed by atoms with Gasteiger partial charge in [0.1, 0.15) is 5.75 Å². The Balaban J connectivity index is 2.09. The van der Waals surface area contributed by atoms with Crippen LogP contribution in [-0.4, -0.2) is 54.8 Å². The number of carboxylic acids is 1. The average Bonchev–Trinajstić information content (AvgIpc) is 2.97. The van der Waals surface area contributed by atoms with Gasteiger partial charge in [0, 0.05) is 25.8 Å². The van der Waals surface area contributed by atoms with E-state index in [2.05, 4.69) is 0 Å². The molecule has 1 heterocycles. The van der Waals surface area contributed by atoms with Crippen molar-refractivity contribution in [2.45, 2.75) is 32.8 Å². The smallest absolute Gasteiger partial charge is 0.341 e. The Morgan fingerprint density at radius 2 is 2.00 bits per heavy atom. The van der Waals surface area contributed by atoms with Gasteiger partial charge in [0.05, 0.1) is 6.10 Å². The first-order valence-corrected chi connectivity index (χ1v) is 7.71. The summed E-state index contributed by atoms with van der Waals surface area (Å²) in [5.41, 5.74) is 2.07. The van der Waals surface area contributed by atoms with Gasteiger partial charge in [0.25, 0.3) is 5.91 Å². The van der Waals surface area contributed by atoms with E-state index in [9.17, 15) is 9.59 Å². The molecular formula is C17H23NO5. The lowest BCUT2D eigenvalue weighted by Crippen LogP contribution is -2.34. The molecule has 6 heteroatoms. The average molecular weight is 321 g/mol. The third kappa shape index (κ3) is 4.45. The molecule has 0 unspecified atom stereocenters. The summed E-state index contributed by atoms with van der Waals surface area (Å²) in [6.07, 6.45) is 2.14. The van der Waals surface area contributed by atoms with E-state index in [-0.39, 0.29) is 12.0 Å². The highest BCUT2D eigenvalue weighted by atomic mass is 16.5. The first kappa shape index (κ1) is 17.3. The zero-order chi connectivity index (χ0) is 17.0. The van der Waals surface area contributed by atoms with Crippen LogP contribution in [0.4, 0.5) is 0 Å². The molecule has 1 amide bonds. The molecule has 0 aromatic heterocycles. The molecule has 1 aromatic carbocycles. The fraction of sp³-hybridized carbons (Fsp3) is 0.529. The van der Waals surface area contributed by atoms with Crippen LogP contribution in [0.5, 0.6) is 5.75 Å². The number of rotatable bonds is 6. The van der Waals surface area contributed by atoms with Gasteiger partial charge in [0.2, 0.25) is 0 Å². The second-order valence-electron chi connectivity index (χ2n) is 5.94. The third-order valence-corrected chi connectivity index (χ3v) is 3.90. The van der Waals surface area contributed by atoms with Gasteiger partial charge in [-0.3, -0.25) is 4.79 Å². The molecule has 1 fully saturated rings. The molecule has 1 aromatic rings. The maximum atomic E-state index is 12.5. The Hall–Kier alpha value is -2.08. The summed E-state index contributed by atoms with van der Waals surface area (Å²) in [6.45, 7) is 4.56. The fourth-order valence-electron chi connectivity index (χ4n) is 2.83. The number of aliphatic carboxylic acids is 1. The SMILES string of the molecule is Cc1cc(C(=O)N(C)C[C@@H]2CCCO2)cc(C)c1OCC(=O)O. The van der Waals surface area contributed by atoms with Crippen molar-refractivity contribution in [3.63, 3.8) is 0 Å². The van der Waals surface area contributed by atoms with Crippen molar-refractivity contribution in [2.75, 3.05) is 26.8 Å². The number of hydrogen-bond donors (Lipinski definition) is 1. The highest BCUT2D eigenvalue weighted by molar-refractivity contribution is 5.94. The highest BCUT2D eigenvalue weighted by Gasteiger charge is 2.21. The molecule has 126 valence electrons. The third-order valence-electron chi connectivity index (χ3n) is 3.90. The Morgan fingerprint density at radius 1 is 1.35 bits per heavy atom. The van der Waals surface area contributed by atoms with Gasteiger partial charge in [0.15, 0.2) is 6.61 Å². The minimum atomic E-state index is -1.03. The highest BCUT2D eigenvalue weighted by Crippen LogP contribution is 2.25. The second kappa shape index (κ2) is 7.46. The van der Waals surface area contributed by atoms with E-state index in [0.29, 0.717) is 17.9 Å². The minimum Gasteiger partial charge on any atom is -0.481 e. The number of hydrogen-bond acceptors (Lipinski definition) is 4. The summed E-state index contributed by atoms with van der Waals surface area (Å²) in [5, 5.41) is 8.71. The van der Waals surface area contributed by atoms with Crippen molar-refractivity contribution < 1.29 is 24.2 Å². The van der Waals surface area contributed by atoms with Gasteiger partial charge in [-0.1, -0.05) is 0 Å². The van der Waals surface area contributed by atoms with Crippen LogP contribution >= 0.6 is 0 Å². The van der Waals surface area contributed by atoms with Crippen LogP contribution in [-0.2, 0) is 9.53 Å². The number of likely N-dealkylation sites (N-methyl/N-ethyl adjacent to an activating group) is 1. The quantitative estimate of drug-likeness (QED) is 0.867. The summed E-state index contributed by atoms with van der Waals surface area (Å²) in [7, 11) is 1.77. The Bertz CT molecular complexity index is 570. The number of nitrogens with zero attached hydrogens (tertiary/aromatic N) is 1. The maximum Gasteiger partial charge on any atom is 0.341 e. The van der Waals surface area contributed by atoms with E-state index in [1.807, 2.05) is 0 Å². The Kier molecular flexibility index (Phi) is 5.60. The lowest BCUT2D eigenvalue weighted by Gasteiger charge is -2.22. The molecule has 0 bridgehead atoms. The van der Waals surface area contributed by atoms with Crippen LogP contribution in [0, 0.1) is 13.8 Å². The number of amides is 1. The summed E-state index contributed by atoms with van der Waals surface area (Å²) >= 11 is 0. The van der Waals surface area contributed by atoms with Crippen molar-refractivity contribution in [3.05, 3.63) is 28.8 Å². The van der Waals surface area contributed by atoms with E-state index >= 15 is 0 Å². The maximum absolute atomic E-state index is 12.5. The number of aryl methyl sites for hydroxylation is 2. The number of ether oxygens (including phenoxy) is 2. The zero-order valence-corrected chi connectivity index (χ0v) is 13.8. The minimum absolute atomic E-state index is 0.0727. The molecule has 0 radical (unpaired) electrons. The lowest BCUT2D eigenvalue weighted by molar-refractivity contribution is -0.139. The molecule has 23 heavy (non-hydrogen) atoms. The van der Waals surface area contributed by atoms with Crippen molar-refractivity contribution in [3.8, 4) is 5.75 Å². The second-order valence-corrected chi connectivity index (χ2v) is 5.94. The predicted molar refractivity (Wildman–Crippen MR) is 85.0 cm³/mol. The van der Waals surface area contributed by atoms with Crippen molar-refractivity contribution in [1.82, 2.24) is 4.90 Å². The first-order valence-electron chi connectivity index (χ1n) is 7.71. The first-order chi connectivity index (χ1) is 10.9. The van der Waals surface area contributed by atoms with Gasteiger partial charge < -0.3 is 19.5 Å². The lowest BCUT2D eigenvalue weighted by atomic mass is 10.0. The topological polar surface area (TPSA) is 76.1 Å². The molecule has 6 nitrogen and oxygen atoms in total. The van der Waals surface area contributed by atoms with Gasteiger partial charge in [-0.2, -0.15) is 0 Å². The molecular weight excluding hydrogens is 298 g/mol. The fourth-order valence-corrected chi connectivity index (χ4v) is 2.83. The molecule has 1 atom stereocenters. The molecule has 0 aliphatic carbocycles. The molecule has 1 saturated heterocycles. The van der Waals surface area contributed by atoms with Crippen LogP contribution in [0.2, 0.25) is 0 Å². The summed E-state index contributed by atoms with van der Waals surface area (Å²) < 4.78 is 10.8. The largest absolute Gasteiger partial charge is 0.481 e. The van der Waals surface area contributed by atoms with Crippen molar-refractivity contribution in [2.24, 2.45) is 0 Å². The van der Waals surface area contributed by atoms with Crippen LogP contribution in [0.1, 0.15) is 34.3 Å². The Labute approximate surface area is 136 Å². The molecule has 2 rings (SSSR count). The van der Waals surface area contributed by atoms with Crippen molar-refractivity contribution in [1.29, 1.82) is 0 Å². The standard InChI is InChI=1S/C17H23NO5/c1-11-7-13(8-12(2)16(11)23-10-15(19)20)17(21)18(3)9-14-5-4-6-22-14/h7-8,14H,4-6,9-10H2,1-3H3,(H,19,20)/t14-/m0/s1. The summed E-state index contributed by atoms with van der Waals surface area (Å²) in [6, 6.07) is 3.47. The van der Waals surface area contributed by atoms with Crippen molar-refractivity contribution >= 4 is 11.9 Å². The van der Waals surface area contributed by atoms with Gasteiger partial charge in [-0.05, 0) is 49.9 Å². The summed E-state index contributed by atoms with van der Waals surface area (Å²) in [4.78, 5) is 24.8.